The Balaban J connectivity index is 0.00000181. The molecule has 0 spiro atoms. The van der Waals surface area contributed by atoms with E-state index in [0.717, 1.165) is 17.7 Å². The highest BCUT2D eigenvalue weighted by Gasteiger charge is 2.22. The maximum Gasteiger partial charge on any atom is 0.356 e. The average Bonchev–Trinajstić information content (AvgIpc) is 2.75. The summed E-state index contributed by atoms with van der Waals surface area (Å²) in [6.45, 7) is 1.22. The summed E-state index contributed by atoms with van der Waals surface area (Å²) in [6, 6.07) is 25.2. The standard InChI is InChI=1S/C24H21N2O3P.2ClH/c27-30(28,29)24-9-5-4-8-23(24)19-26-16-12-22(13-17-26)21-10-14-25(15-11-21)18-20-6-2-1-3-7-20;;/h1-17H,18-19H2;2*1H. The zero-order valence-corrected chi connectivity index (χ0v) is 19.5. The molecule has 0 aliphatic heterocycles. The monoisotopic (exact) mass is 488 g/mol. The van der Waals surface area contributed by atoms with Gasteiger partial charge in [-0.2, -0.15) is 0 Å². The zero-order valence-electron chi connectivity index (χ0n) is 17.1. The molecule has 5 nitrogen and oxygen atoms in total. The van der Waals surface area contributed by atoms with Crippen LogP contribution in [0.1, 0.15) is 11.1 Å². The molecule has 0 unspecified atom stereocenters. The molecule has 0 saturated carbocycles. The van der Waals surface area contributed by atoms with Gasteiger partial charge in [-0.25, -0.2) is 9.13 Å². The van der Waals surface area contributed by atoms with Crippen molar-refractivity contribution in [2.75, 3.05) is 0 Å². The van der Waals surface area contributed by atoms with E-state index in [1.165, 1.54) is 11.6 Å². The van der Waals surface area contributed by atoms with Gasteiger partial charge in [0.2, 0.25) is 0 Å². The van der Waals surface area contributed by atoms with Crippen LogP contribution in [0.25, 0.3) is 11.1 Å². The van der Waals surface area contributed by atoms with Crippen molar-refractivity contribution >= 4 is 12.9 Å². The SMILES string of the molecule is O=P(O)(O)c1ccccc1C[n+]1ccc(-c2cc[n+](Cc3ccccc3)cc2)cc1.[Cl-].[Cl-]. The van der Waals surface area contributed by atoms with Gasteiger partial charge >= 0.3 is 7.60 Å². The van der Waals surface area contributed by atoms with E-state index in [9.17, 15) is 14.4 Å². The van der Waals surface area contributed by atoms with E-state index < -0.39 is 7.60 Å². The summed E-state index contributed by atoms with van der Waals surface area (Å²) in [6.07, 6.45) is 7.99. The molecule has 32 heavy (non-hydrogen) atoms. The molecule has 0 fully saturated rings. The van der Waals surface area contributed by atoms with Crippen molar-refractivity contribution in [1.82, 2.24) is 0 Å². The van der Waals surface area contributed by atoms with Crippen LogP contribution in [-0.4, -0.2) is 9.79 Å². The van der Waals surface area contributed by atoms with Gasteiger partial charge in [0, 0.05) is 35.4 Å². The van der Waals surface area contributed by atoms with E-state index in [2.05, 4.69) is 41.2 Å². The fourth-order valence-corrected chi connectivity index (χ4v) is 4.23. The van der Waals surface area contributed by atoms with Crippen LogP contribution in [0.5, 0.6) is 0 Å². The summed E-state index contributed by atoms with van der Waals surface area (Å²) in [5.41, 5.74) is 4.07. The summed E-state index contributed by atoms with van der Waals surface area (Å²) in [7, 11) is -4.30. The Bertz CT molecular complexity index is 1180. The van der Waals surface area contributed by atoms with Crippen molar-refractivity contribution in [3.05, 3.63) is 115 Å². The Morgan fingerprint density at radius 3 is 1.62 bits per heavy atom. The molecule has 2 heterocycles. The molecular formula is C24H23Cl2N2O3P. The largest absolute Gasteiger partial charge is 1.00 e. The van der Waals surface area contributed by atoms with E-state index in [4.69, 9.17) is 0 Å². The van der Waals surface area contributed by atoms with Gasteiger partial charge in [0.05, 0.1) is 5.30 Å². The van der Waals surface area contributed by atoms with Crippen LogP contribution >= 0.6 is 7.60 Å². The highest BCUT2D eigenvalue weighted by atomic mass is 35.5. The molecule has 2 N–H and O–H groups in total. The lowest BCUT2D eigenvalue weighted by atomic mass is 10.1. The second kappa shape index (κ2) is 11.4. The summed E-state index contributed by atoms with van der Waals surface area (Å²) < 4.78 is 15.8. The Labute approximate surface area is 200 Å². The van der Waals surface area contributed by atoms with Gasteiger partial charge in [-0.3, -0.25) is 4.57 Å². The lowest BCUT2D eigenvalue weighted by Gasteiger charge is -2.08. The number of rotatable bonds is 6. The van der Waals surface area contributed by atoms with E-state index in [0.29, 0.717) is 12.1 Å². The summed E-state index contributed by atoms with van der Waals surface area (Å²) >= 11 is 0. The minimum atomic E-state index is -4.30. The lowest BCUT2D eigenvalue weighted by Crippen LogP contribution is -3.00. The molecule has 166 valence electrons. The predicted molar refractivity (Wildman–Crippen MR) is 115 cm³/mol. The van der Waals surface area contributed by atoms with Crippen molar-refractivity contribution < 1.29 is 48.3 Å². The Morgan fingerprint density at radius 1 is 0.625 bits per heavy atom. The normalized spacial score (nSPS) is 10.7. The Hall–Kier alpha value is -2.53. The second-order valence-electron chi connectivity index (χ2n) is 7.18. The van der Waals surface area contributed by atoms with Gasteiger partial charge in [0.15, 0.2) is 37.9 Å². The van der Waals surface area contributed by atoms with Crippen LogP contribution in [0, 0.1) is 0 Å². The molecule has 0 amide bonds. The van der Waals surface area contributed by atoms with Gasteiger partial charge in [-0.15, -0.1) is 0 Å². The van der Waals surface area contributed by atoms with Crippen LogP contribution in [0.3, 0.4) is 0 Å². The first-order valence-electron chi connectivity index (χ1n) is 9.65. The summed E-state index contributed by atoms with van der Waals surface area (Å²) in [5, 5.41) is 0.0765. The number of halogens is 2. The van der Waals surface area contributed by atoms with E-state index in [1.807, 2.05) is 47.3 Å². The van der Waals surface area contributed by atoms with E-state index >= 15 is 0 Å². The number of pyridine rings is 2. The molecule has 0 aliphatic rings. The predicted octanol–water partition coefficient (Wildman–Crippen LogP) is -3.16. The highest BCUT2D eigenvalue weighted by molar-refractivity contribution is 7.60. The lowest BCUT2D eigenvalue weighted by molar-refractivity contribution is -0.688. The molecule has 0 radical (unpaired) electrons. The van der Waals surface area contributed by atoms with Crippen LogP contribution in [0.15, 0.2) is 104 Å². The van der Waals surface area contributed by atoms with Crippen molar-refractivity contribution in [3.63, 3.8) is 0 Å². The zero-order chi connectivity index (χ0) is 21.0. The number of hydrogen-bond acceptors (Lipinski definition) is 1. The molecule has 8 heteroatoms. The van der Waals surface area contributed by atoms with Crippen molar-refractivity contribution in [3.8, 4) is 11.1 Å². The van der Waals surface area contributed by atoms with Crippen LogP contribution in [-0.2, 0) is 17.7 Å². The maximum atomic E-state index is 11.7. The minimum Gasteiger partial charge on any atom is -1.00 e. The molecular weight excluding hydrogens is 466 g/mol. The summed E-state index contributed by atoms with van der Waals surface area (Å²) in [4.78, 5) is 19.1. The first-order valence-corrected chi connectivity index (χ1v) is 11.3. The Morgan fingerprint density at radius 2 is 1.09 bits per heavy atom. The molecule has 2 aromatic carbocycles. The first-order chi connectivity index (χ1) is 14.5. The minimum absolute atomic E-state index is 0. The van der Waals surface area contributed by atoms with E-state index in [-0.39, 0.29) is 30.1 Å². The molecule has 4 rings (SSSR count). The molecule has 4 aromatic rings. The molecule has 0 bridgehead atoms. The Kier molecular flexibility index (Phi) is 9.14. The van der Waals surface area contributed by atoms with Crippen LogP contribution in [0.2, 0.25) is 0 Å². The fraction of sp³-hybridized carbons (Fsp3) is 0.0833. The summed E-state index contributed by atoms with van der Waals surface area (Å²) in [5.74, 6) is 0. The third-order valence-corrected chi connectivity index (χ3v) is 6.05. The van der Waals surface area contributed by atoms with Gasteiger partial charge in [0.1, 0.15) is 0 Å². The van der Waals surface area contributed by atoms with Crippen LogP contribution in [0.4, 0.5) is 0 Å². The fourth-order valence-electron chi connectivity index (χ4n) is 3.43. The first kappa shape index (κ1) is 25.7. The topological polar surface area (TPSA) is 65.3 Å². The third kappa shape index (κ3) is 6.49. The second-order valence-corrected chi connectivity index (χ2v) is 8.75. The number of benzene rings is 2. The van der Waals surface area contributed by atoms with Crippen LogP contribution < -0.4 is 39.3 Å². The van der Waals surface area contributed by atoms with Crippen molar-refractivity contribution in [1.29, 1.82) is 0 Å². The van der Waals surface area contributed by atoms with Gasteiger partial charge < -0.3 is 34.6 Å². The quantitative estimate of drug-likeness (QED) is 0.222. The number of nitrogens with zero attached hydrogens (tertiary/aromatic N) is 2. The maximum absolute atomic E-state index is 11.7. The average molecular weight is 489 g/mol. The number of aromatic nitrogens is 2. The van der Waals surface area contributed by atoms with Gasteiger partial charge in [-0.05, 0) is 17.2 Å². The van der Waals surface area contributed by atoms with Crippen molar-refractivity contribution in [2.24, 2.45) is 0 Å². The van der Waals surface area contributed by atoms with Gasteiger partial charge in [-0.1, -0.05) is 48.5 Å². The smallest absolute Gasteiger partial charge is 0.356 e. The van der Waals surface area contributed by atoms with Gasteiger partial charge in [0.25, 0.3) is 0 Å². The van der Waals surface area contributed by atoms with Crippen molar-refractivity contribution in [2.45, 2.75) is 13.1 Å². The molecule has 0 atom stereocenters. The molecule has 0 saturated heterocycles. The van der Waals surface area contributed by atoms with E-state index in [1.54, 1.807) is 18.2 Å². The highest BCUT2D eigenvalue weighted by Crippen LogP contribution is 2.34. The number of hydrogen-bond donors (Lipinski definition) is 2. The molecule has 2 aromatic heterocycles. The molecule has 0 aliphatic carbocycles. The third-order valence-electron chi connectivity index (χ3n) is 4.98.